The molecular weight excluding hydrogens is 182 g/mol. The molecule has 1 aliphatic carbocycles. The summed E-state index contributed by atoms with van der Waals surface area (Å²) in [6.45, 7) is 0. The van der Waals surface area contributed by atoms with Crippen molar-refractivity contribution >= 4 is 5.91 Å². The molecule has 3 unspecified atom stereocenters. The van der Waals surface area contributed by atoms with E-state index in [1.165, 1.54) is 0 Å². The highest BCUT2D eigenvalue weighted by Gasteiger charge is 2.36. The summed E-state index contributed by atoms with van der Waals surface area (Å²) in [4.78, 5) is 13.0. The van der Waals surface area contributed by atoms with Crippen LogP contribution in [-0.4, -0.2) is 39.4 Å². The number of amides is 1. The smallest absolute Gasteiger partial charge is 0.225 e. The molecule has 0 spiro atoms. The van der Waals surface area contributed by atoms with Gasteiger partial charge >= 0.3 is 0 Å². The second-order valence-corrected chi connectivity index (χ2v) is 4.29. The van der Waals surface area contributed by atoms with Crippen LogP contribution in [0.2, 0.25) is 0 Å². The molecule has 2 N–H and O–H groups in total. The van der Waals surface area contributed by atoms with E-state index in [2.05, 4.69) is 0 Å². The van der Waals surface area contributed by atoms with Crippen LogP contribution in [0.25, 0.3) is 0 Å². The number of aliphatic hydroxyl groups is 2. The zero-order valence-corrected chi connectivity index (χ0v) is 8.22. The Labute approximate surface area is 83.5 Å². The van der Waals surface area contributed by atoms with Gasteiger partial charge < -0.3 is 15.1 Å². The van der Waals surface area contributed by atoms with Crippen molar-refractivity contribution in [3.8, 4) is 0 Å². The standard InChI is InChI=1S/C10H17NO3/c12-8-3-1-2-7(6-8)11-9(13)4-5-10(11)14/h7-9,12-13H,1-6H2. The Morgan fingerprint density at radius 2 is 2.00 bits per heavy atom. The molecule has 4 nitrogen and oxygen atoms in total. The first-order valence-electron chi connectivity index (χ1n) is 5.36. The van der Waals surface area contributed by atoms with Crippen molar-refractivity contribution in [3.05, 3.63) is 0 Å². The summed E-state index contributed by atoms with van der Waals surface area (Å²) in [6.07, 6.45) is 3.41. The number of likely N-dealkylation sites (tertiary alicyclic amines) is 1. The fraction of sp³-hybridized carbons (Fsp3) is 0.900. The molecule has 14 heavy (non-hydrogen) atoms. The minimum atomic E-state index is -0.613. The van der Waals surface area contributed by atoms with E-state index in [-0.39, 0.29) is 18.1 Å². The first kappa shape index (κ1) is 9.93. The zero-order chi connectivity index (χ0) is 10.1. The highest BCUT2D eigenvalue weighted by atomic mass is 16.3. The van der Waals surface area contributed by atoms with Crippen molar-refractivity contribution in [1.82, 2.24) is 4.90 Å². The Hall–Kier alpha value is -0.610. The zero-order valence-electron chi connectivity index (χ0n) is 8.22. The Morgan fingerprint density at radius 1 is 1.21 bits per heavy atom. The largest absolute Gasteiger partial charge is 0.393 e. The summed E-state index contributed by atoms with van der Waals surface area (Å²) in [6, 6.07) is 0.0590. The lowest BCUT2D eigenvalue weighted by atomic mass is 9.92. The minimum Gasteiger partial charge on any atom is -0.393 e. The van der Waals surface area contributed by atoms with E-state index >= 15 is 0 Å². The minimum absolute atomic E-state index is 0.0385. The van der Waals surface area contributed by atoms with Crippen molar-refractivity contribution in [2.24, 2.45) is 0 Å². The van der Waals surface area contributed by atoms with Crippen LogP contribution in [0.3, 0.4) is 0 Å². The van der Waals surface area contributed by atoms with Crippen molar-refractivity contribution < 1.29 is 15.0 Å². The Morgan fingerprint density at radius 3 is 2.57 bits per heavy atom. The van der Waals surface area contributed by atoms with E-state index in [9.17, 15) is 15.0 Å². The van der Waals surface area contributed by atoms with E-state index in [0.717, 1.165) is 19.3 Å². The third-order valence-corrected chi connectivity index (χ3v) is 3.24. The predicted molar refractivity (Wildman–Crippen MR) is 50.3 cm³/mol. The molecule has 4 heteroatoms. The quantitative estimate of drug-likeness (QED) is 0.635. The van der Waals surface area contributed by atoms with Crippen molar-refractivity contribution in [3.63, 3.8) is 0 Å². The number of rotatable bonds is 1. The van der Waals surface area contributed by atoms with Crippen LogP contribution in [0.1, 0.15) is 38.5 Å². The molecule has 0 radical (unpaired) electrons. The maximum Gasteiger partial charge on any atom is 0.225 e. The highest BCUT2D eigenvalue weighted by molar-refractivity contribution is 5.78. The summed E-state index contributed by atoms with van der Waals surface area (Å²) < 4.78 is 0. The van der Waals surface area contributed by atoms with Gasteiger partial charge in [0.1, 0.15) is 6.23 Å². The lowest BCUT2D eigenvalue weighted by Crippen LogP contribution is -2.45. The van der Waals surface area contributed by atoms with E-state index in [1.54, 1.807) is 4.90 Å². The summed E-state index contributed by atoms with van der Waals surface area (Å²) in [5.74, 6) is 0.0385. The van der Waals surface area contributed by atoms with Gasteiger partial charge in [-0.15, -0.1) is 0 Å². The van der Waals surface area contributed by atoms with E-state index in [4.69, 9.17) is 0 Å². The number of carbonyl (C=O) groups excluding carboxylic acids is 1. The number of aliphatic hydroxyl groups excluding tert-OH is 2. The molecule has 1 aliphatic heterocycles. The Bertz CT molecular complexity index is 231. The van der Waals surface area contributed by atoms with Crippen LogP contribution in [0.5, 0.6) is 0 Å². The lowest BCUT2D eigenvalue weighted by Gasteiger charge is -2.35. The second-order valence-electron chi connectivity index (χ2n) is 4.29. The van der Waals surface area contributed by atoms with Crippen LogP contribution in [0.15, 0.2) is 0 Å². The van der Waals surface area contributed by atoms with Gasteiger partial charge in [0.2, 0.25) is 5.91 Å². The molecule has 0 aromatic heterocycles. The van der Waals surface area contributed by atoms with Gasteiger partial charge in [0, 0.05) is 18.9 Å². The van der Waals surface area contributed by atoms with Gasteiger partial charge in [-0.05, 0) is 25.7 Å². The fourth-order valence-electron chi connectivity index (χ4n) is 2.53. The number of carbonyl (C=O) groups is 1. The molecule has 0 aromatic carbocycles. The second kappa shape index (κ2) is 3.87. The topological polar surface area (TPSA) is 60.8 Å². The first-order chi connectivity index (χ1) is 6.68. The van der Waals surface area contributed by atoms with E-state index < -0.39 is 6.23 Å². The van der Waals surface area contributed by atoms with Crippen molar-refractivity contribution in [2.45, 2.75) is 56.9 Å². The molecule has 80 valence electrons. The van der Waals surface area contributed by atoms with Gasteiger partial charge in [-0.1, -0.05) is 0 Å². The fourth-order valence-corrected chi connectivity index (χ4v) is 2.53. The molecule has 2 aliphatic rings. The SMILES string of the molecule is O=C1CCC(O)N1C1CCCC(O)C1. The molecule has 1 amide bonds. The summed E-state index contributed by atoms with van der Waals surface area (Å²) in [5.41, 5.74) is 0. The lowest BCUT2D eigenvalue weighted by molar-refractivity contribution is -0.138. The van der Waals surface area contributed by atoms with Crippen LogP contribution in [0.4, 0.5) is 0 Å². The summed E-state index contributed by atoms with van der Waals surface area (Å²) in [7, 11) is 0. The molecule has 1 saturated heterocycles. The number of nitrogens with zero attached hydrogens (tertiary/aromatic N) is 1. The van der Waals surface area contributed by atoms with Crippen LogP contribution < -0.4 is 0 Å². The van der Waals surface area contributed by atoms with E-state index in [0.29, 0.717) is 19.3 Å². The van der Waals surface area contributed by atoms with Gasteiger partial charge in [-0.2, -0.15) is 0 Å². The van der Waals surface area contributed by atoms with Gasteiger partial charge in [-0.3, -0.25) is 4.79 Å². The third-order valence-electron chi connectivity index (χ3n) is 3.24. The molecule has 2 fully saturated rings. The maximum absolute atomic E-state index is 11.5. The predicted octanol–water partition coefficient (Wildman–Crippen LogP) is 0.231. The van der Waals surface area contributed by atoms with Crippen molar-refractivity contribution in [1.29, 1.82) is 0 Å². The normalized spacial score (nSPS) is 39.1. The van der Waals surface area contributed by atoms with Crippen LogP contribution in [-0.2, 0) is 4.79 Å². The average Bonchev–Trinajstić information content (AvgIpc) is 2.46. The Kier molecular flexibility index (Phi) is 2.74. The van der Waals surface area contributed by atoms with Gasteiger partial charge in [-0.25, -0.2) is 0 Å². The highest BCUT2D eigenvalue weighted by Crippen LogP contribution is 2.29. The van der Waals surface area contributed by atoms with Gasteiger partial charge in [0.05, 0.1) is 6.10 Å². The van der Waals surface area contributed by atoms with Gasteiger partial charge in [0.15, 0.2) is 0 Å². The van der Waals surface area contributed by atoms with Crippen molar-refractivity contribution in [2.75, 3.05) is 0 Å². The average molecular weight is 199 g/mol. The molecular formula is C10H17NO3. The maximum atomic E-state index is 11.5. The van der Waals surface area contributed by atoms with E-state index in [1.807, 2.05) is 0 Å². The molecule has 1 saturated carbocycles. The molecule has 2 rings (SSSR count). The number of hydrogen-bond donors (Lipinski definition) is 2. The molecule has 3 atom stereocenters. The summed E-state index contributed by atoms with van der Waals surface area (Å²) >= 11 is 0. The van der Waals surface area contributed by atoms with Gasteiger partial charge in [0.25, 0.3) is 0 Å². The first-order valence-corrected chi connectivity index (χ1v) is 5.36. The summed E-state index contributed by atoms with van der Waals surface area (Å²) in [5, 5.41) is 19.1. The number of hydrogen-bond acceptors (Lipinski definition) is 3. The third kappa shape index (κ3) is 1.77. The molecule has 0 bridgehead atoms. The monoisotopic (exact) mass is 199 g/mol. The van der Waals surface area contributed by atoms with Crippen LogP contribution >= 0.6 is 0 Å². The van der Waals surface area contributed by atoms with Crippen LogP contribution in [0, 0.1) is 0 Å². The molecule has 0 aromatic rings. The molecule has 1 heterocycles. The Balaban J connectivity index is 2.02.